The molecule has 0 saturated heterocycles. The smallest absolute Gasteiger partial charge is 0.340 e. The van der Waals surface area contributed by atoms with Gasteiger partial charge < -0.3 is 20.5 Å². The van der Waals surface area contributed by atoms with Crippen LogP contribution in [0.1, 0.15) is 10.4 Å². The molecule has 0 aliphatic rings. The molecule has 0 saturated carbocycles. The fraction of sp³-hybridized carbons (Fsp3) is 0.133. The number of nitrogens with one attached hydrogen (secondary N) is 1. The highest BCUT2D eigenvalue weighted by Crippen LogP contribution is 2.21. The van der Waals surface area contributed by atoms with E-state index in [0.29, 0.717) is 16.0 Å². The number of ether oxygens (including phenoxy) is 2. The van der Waals surface area contributed by atoms with Crippen LogP contribution in [-0.2, 0) is 9.53 Å². The van der Waals surface area contributed by atoms with Crippen molar-refractivity contribution in [3.63, 3.8) is 0 Å². The number of carbonyl (C=O) groups excluding carboxylic acids is 2. The summed E-state index contributed by atoms with van der Waals surface area (Å²) in [7, 11) is 1.55. The van der Waals surface area contributed by atoms with E-state index < -0.39 is 18.5 Å². The van der Waals surface area contributed by atoms with E-state index in [-0.39, 0.29) is 11.3 Å². The topological polar surface area (TPSA) is 104 Å². The van der Waals surface area contributed by atoms with E-state index >= 15 is 0 Å². The molecular weight excluding hydrogens is 366 g/mol. The van der Waals surface area contributed by atoms with Crippen LogP contribution in [0.4, 0.5) is 11.4 Å². The van der Waals surface area contributed by atoms with Gasteiger partial charge in [0.05, 0.1) is 18.4 Å². The van der Waals surface area contributed by atoms with Crippen LogP contribution >= 0.6 is 15.9 Å². The molecule has 2 aromatic rings. The molecule has 1 aromatic carbocycles. The Bertz CT molecular complexity index is 719. The summed E-state index contributed by atoms with van der Waals surface area (Å²) in [6, 6.07) is 8.18. The maximum absolute atomic E-state index is 11.9. The predicted octanol–water partition coefficient (Wildman–Crippen LogP) is 2.23. The number of pyridine rings is 1. The fourth-order valence-corrected chi connectivity index (χ4v) is 2.04. The minimum Gasteiger partial charge on any atom is -0.497 e. The quantitative estimate of drug-likeness (QED) is 0.609. The number of rotatable bonds is 5. The second kappa shape index (κ2) is 7.59. The molecule has 7 nitrogen and oxygen atoms in total. The number of hydrogen-bond donors (Lipinski definition) is 2. The lowest BCUT2D eigenvalue weighted by atomic mass is 10.2. The van der Waals surface area contributed by atoms with Gasteiger partial charge in [-0.2, -0.15) is 0 Å². The first kappa shape index (κ1) is 16.8. The molecule has 0 spiro atoms. The number of nitrogens with zero attached hydrogens (tertiary/aromatic N) is 1. The summed E-state index contributed by atoms with van der Waals surface area (Å²) < 4.78 is 10.3. The highest BCUT2D eigenvalue weighted by Gasteiger charge is 2.15. The molecule has 120 valence electrons. The summed E-state index contributed by atoms with van der Waals surface area (Å²) in [6.07, 6.45) is 1.41. The monoisotopic (exact) mass is 379 g/mol. The van der Waals surface area contributed by atoms with Gasteiger partial charge in [-0.3, -0.25) is 4.79 Å². The Morgan fingerprint density at radius 3 is 2.61 bits per heavy atom. The zero-order valence-electron chi connectivity index (χ0n) is 12.2. The molecule has 0 bridgehead atoms. The molecule has 0 atom stereocenters. The second-order valence-corrected chi connectivity index (χ2v) is 5.17. The van der Waals surface area contributed by atoms with Crippen LogP contribution in [0.15, 0.2) is 41.1 Å². The van der Waals surface area contributed by atoms with Gasteiger partial charge in [0.15, 0.2) is 6.61 Å². The molecule has 1 amide bonds. The molecule has 0 aliphatic carbocycles. The normalized spacial score (nSPS) is 10.0. The number of esters is 1. The minimum atomic E-state index is -0.699. The molecule has 23 heavy (non-hydrogen) atoms. The van der Waals surface area contributed by atoms with E-state index in [0.717, 1.165) is 0 Å². The summed E-state index contributed by atoms with van der Waals surface area (Å²) in [5, 5.41) is 2.60. The summed E-state index contributed by atoms with van der Waals surface area (Å²) in [6.45, 7) is -0.426. The minimum absolute atomic E-state index is 0.143. The van der Waals surface area contributed by atoms with Crippen LogP contribution in [0, 0.1) is 0 Å². The van der Waals surface area contributed by atoms with Crippen molar-refractivity contribution >= 4 is 39.2 Å². The maximum atomic E-state index is 11.9. The van der Waals surface area contributed by atoms with Crippen molar-refractivity contribution in [1.29, 1.82) is 0 Å². The summed E-state index contributed by atoms with van der Waals surface area (Å²) in [4.78, 5) is 27.6. The maximum Gasteiger partial charge on any atom is 0.340 e. The average Bonchev–Trinajstić information content (AvgIpc) is 2.56. The van der Waals surface area contributed by atoms with Gasteiger partial charge in [-0.05, 0) is 46.3 Å². The number of carbonyl (C=O) groups is 2. The van der Waals surface area contributed by atoms with Crippen molar-refractivity contribution in [2.24, 2.45) is 0 Å². The van der Waals surface area contributed by atoms with E-state index in [4.69, 9.17) is 15.2 Å². The number of aromatic nitrogens is 1. The number of nitrogens with two attached hydrogens (primary N) is 1. The Labute approximate surface area is 140 Å². The molecule has 1 aromatic heterocycles. The van der Waals surface area contributed by atoms with E-state index in [1.807, 2.05) is 0 Å². The van der Waals surface area contributed by atoms with Gasteiger partial charge in [0.1, 0.15) is 10.4 Å². The van der Waals surface area contributed by atoms with E-state index in [1.165, 1.54) is 12.3 Å². The lowest BCUT2D eigenvalue weighted by Gasteiger charge is -2.08. The zero-order valence-corrected chi connectivity index (χ0v) is 13.8. The Morgan fingerprint density at radius 2 is 1.96 bits per heavy atom. The number of hydrogen-bond acceptors (Lipinski definition) is 6. The SMILES string of the molecule is COc1ccc(NC(=O)COC(=O)c2ccnc(Br)c2N)cc1. The summed E-state index contributed by atoms with van der Waals surface area (Å²) in [5.74, 6) is -0.487. The Kier molecular flexibility index (Phi) is 5.53. The van der Waals surface area contributed by atoms with Crippen molar-refractivity contribution in [3.8, 4) is 5.75 Å². The lowest BCUT2D eigenvalue weighted by molar-refractivity contribution is -0.119. The third-order valence-electron chi connectivity index (χ3n) is 2.87. The van der Waals surface area contributed by atoms with Gasteiger partial charge >= 0.3 is 5.97 Å². The van der Waals surface area contributed by atoms with Gasteiger partial charge in [-0.1, -0.05) is 0 Å². The Morgan fingerprint density at radius 1 is 1.26 bits per heavy atom. The molecule has 3 N–H and O–H groups in total. The van der Waals surface area contributed by atoms with Gasteiger partial charge in [0.25, 0.3) is 5.91 Å². The van der Waals surface area contributed by atoms with E-state index in [1.54, 1.807) is 31.4 Å². The van der Waals surface area contributed by atoms with Crippen molar-refractivity contribution in [2.45, 2.75) is 0 Å². The number of anilines is 2. The lowest BCUT2D eigenvalue weighted by Crippen LogP contribution is -2.21. The molecule has 0 radical (unpaired) electrons. The molecule has 0 unspecified atom stereocenters. The van der Waals surface area contributed by atoms with Crippen molar-refractivity contribution < 1.29 is 19.1 Å². The number of benzene rings is 1. The second-order valence-electron chi connectivity index (χ2n) is 4.42. The standard InChI is InChI=1S/C15H14BrN3O4/c1-22-10-4-2-9(3-5-10)19-12(20)8-23-15(21)11-6-7-18-14(16)13(11)17/h2-7H,8,17H2,1H3,(H,19,20). The Balaban J connectivity index is 1.90. The molecule has 0 aliphatic heterocycles. The molecule has 1 heterocycles. The first-order valence-electron chi connectivity index (χ1n) is 6.52. The highest BCUT2D eigenvalue weighted by molar-refractivity contribution is 9.10. The number of methoxy groups -OCH3 is 1. The number of halogens is 1. The van der Waals surface area contributed by atoms with Crippen LogP contribution in [0.2, 0.25) is 0 Å². The van der Waals surface area contributed by atoms with Crippen LogP contribution in [0.5, 0.6) is 5.75 Å². The molecule has 0 fully saturated rings. The van der Waals surface area contributed by atoms with Gasteiger partial charge in [-0.15, -0.1) is 0 Å². The van der Waals surface area contributed by atoms with Gasteiger partial charge in [0, 0.05) is 11.9 Å². The largest absolute Gasteiger partial charge is 0.497 e. The van der Waals surface area contributed by atoms with Crippen LogP contribution < -0.4 is 15.8 Å². The summed E-state index contributed by atoms with van der Waals surface area (Å²) in [5.41, 5.74) is 6.59. The van der Waals surface area contributed by atoms with Gasteiger partial charge in [-0.25, -0.2) is 9.78 Å². The van der Waals surface area contributed by atoms with Crippen molar-refractivity contribution in [3.05, 3.63) is 46.7 Å². The van der Waals surface area contributed by atoms with Crippen molar-refractivity contribution in [2.75, 3.05) is 24.8 Å². The summed E-state index contributed by atoms with van der Waals surface area (Å²) >= 11 is 3.12. The first-order valence-corrected chi connectivity index (χ1v) is 7.31. The van der Waals surface area contributed by atoms with Crippen molar-refractivity contribution in [1.82, 2.24) is 4.98 Å². The highest BCUT2D eigenvalue weighted by atomic mass is 79.9. The Hall–Kier alpha value is -2.61. The van der Waals surface area contributed by atoms with E-state index in [2.05, 4.69) is 26.2 Å². The zero-order chi connectivity index (χ0) is 16.8. The number of amides is 1. The van der Waals surface area contributed by atoms with Gasteiger partial charge in [0.2, 0.25) is 0 Å². The van der Waals surface area contributed by atoms with E-state index in [9.17, 15) is 9.59 Å². The first-order chi connectivity index (χ1) is 11.0. The third-order valence-corrected chi connectivity index (χ3v) is 3.50. The van der Waals surface area contributed by atoms with Crippen LogP contribution in [0.3, 0.4) is 0 Å². The van der Waals surface area contributed by atoms with Crippen LogP contribution in [0.25, 0.3) is 0 Å². The fourth-order valence-electron chi connectivity index (χ4n) is 1.71. The average molecular weight is 380 g/mol. The van der Waals surface area contributed by atoms with Crippen LogP contribution in [-0.4, -0.2) is 30.6 Å². The third kappa shape index (κ3) is 4.43. The molecular formula is C15H14BrN3O4. The molecule has 8 heteroatoms. The number of nitrogen functional groups attached to an aromatic ring is 1. The molecule has 2 rings (SSSR count). The predicted molar refractivity (Wildman–Crippen MR) is 88.3 cm³/mol.